The lowest BCUT2D eigenvalue weighted by atomic mass is 10.0. The van der Waals surface area contributed by atoms with Gasteiger partial charge in [0.1, 0.15) is 23.8 Å². The van der Waals surface area contributed by atoms with Gasteiger partial charge in [-0.1, -0.05) is 22.9 Å². The number of ether oxygens (including phenoxy) is 1. The zero-order valence-corrected chi connectivity index (χ0v) is 23.3. The van der Waals surface area contributed by atoms with Crippen LogP contribution < -0.4 is 15.8 Å². The van der Waals surface area contributed by atoms with Crippen molar-refractivity contribution in [2.45, 2.75) is 37.8 Å². The van der Waals surface area contributed by atoms with Gasteiger partial charge in [0, 0.05) is 41.7 Å². The quantitative estimate of drug-likeness (QED) is 0.293. The monoisotopic (exact) mass is 584 g/mol. The molecule has 1 atom stereocenters. The molecule has 0 bridgehead atoms. The molecule has 208 valence electrons. The highest BCUT2D eigenvalue weighted by Gasteiger charge is 2.26. The van der Waals surface area contributed by atoms with Crippen LogP contribution in [0.15, 0.2) is 18.2 Å². The highest BCUT2D eigenvalue weighted by atomic mass is 35.5. The van der Waals surface area contributed by atoms with Crippen molar-refractivity contribution in [1.82, 2.24) is 24.8 Å². The van der Waals surface area contributed by atoms with Crippen LogP contribution in [0.4, 0.5) is 19.7 Å². The number of nitrogen functional groups attached to an aromatic ring is 1. The van der Waals surface area contributed by atoms with Crippen molar-refractivity contribution in [3.8, 4) is 23.3 Å². The molecule has 4 aromatic rings. The summed E-state index contributed by atoms with van der Waals surface area (Å²) in [6, 6.07) is 4.61. The van der Waals surface area contributed by atoms with Crippen molar-refractivity contribution in [1.29, 1.82) is 5.26 Å². The third-order valence-corrected chi connectivity index (χ3v) is 8.89. The fourth-order valence-corrected chi connectivity index (χ4v) is 6.53. The number of fused-ring (bicyclic) bond motifs is 2. The number of halogens is 3. The number of likely N-dealkylation sites (N-methyl/N-ethyl adjacent to an activating group) is 1. The molecule has 40 heavy (non-hydrogen) atoms. The standard InChI is InChI=1S/C27H27ClF2N8OS/c1-37-8-2-3-15(37)12-39-27-35-22-17(25(36-27)33-14-6-9-38(13-31)10-7-14)11-18(28)20(21(22)30)16-4-5-19(29)24-23(16)34-26(32)40-24/h4-5,11,14-15H,2-3,6-10,12H2,1H3,(H2,32,34)(H,33,35,36)/t15-/m0/s1. The summed E-state index contributed by atoms with van der Waals surface area (Å²) in [7, 11) is 2.05. The molecule has 9 nitrogen and oxygen atoms in total. The van der Waals surface area contributed by atoms with Gasteiger partial charge >= 0.3 is 6.01 Å². The van der Waals surface area contributed by atoms with Crippen LogP contribution in [0.3, 0.4) is 0 Å². The van der Waals surface area contributed by atoms with Gasteiger partial charge in [-0.25, -0.2) is 13.8 Å². The number of hydrogen-bond donors (Lipinski definition) is 2. The number of hydrogen-bond acceptors (Lipinski definition) is 10. The Balaban J connectivity index is 1.45. The van der Waals surface area contributed by atoms with E-state index >= 15 is 4.39 Å². The first-order valence-electron chi connectivity index (χ1n) is 13.1. The highest BCUT2D eigenvalue weighted by Crippen LogP contribution is 2.42. The summed E-state index contributed by atoms with van der Waals surface area (Å²) >= 11 is 7.68. The van der Waals surface area contributed by atoms with Gasteiger partial charge in [0.25, 0.3) is 0 Å². The second-order valence-electron chi connectivity index (χ2n) is 10.2. The molecule has 2 saturated heterocycles. The van der Waals surface area contributed by atoms with E-state index in [0.717, 1.165) is 43.6 Å². The fourth-order valence-electron chi connectivity index (χ4n) is 5.47. The molecule has 0 unspecified atom stereocenters. The SMILES string of the molecule is CN1CCC[C@H]1COc1nc(NC2CCN(C#N)CC2)c2cc(Cl)c(-c3ccc(F)c4sc(N)nc34)c(F)c2n1. The molecule has 0 spiro atoms. The Morgan fingerprint density at radius 3 is 2.70 bits per heavy atom. The second-order valence-corrected chi connectivity index (χ2v) is 11.7. The molecule has 2 aliphatic heterocycles. The average Bonchev–Trinajstić information content (AvgIpc) is 3.55. The predicted octanol–water partition coefficient (Wildman–Crippen LogP) is 5.25. The molecule has 3 N–H and O–H groups in total. The minimum atomic E-state index is -0.686. The minimum absolute atomic E-state index is 0.0210. The van der Waals surface area contributed by atoms with E-state index in [2.05, 4.69) is 31.4 Å². The highest BCUT2D eigenvalue weighted by molar-refractivity contribution is 7.22. The molecule has 2 aromatic heterocycles. The van der Waals surface area contributed by atoms with Crippen LogP contribution in [0, 0.1) is 23.1 Å². The summed E-state index contributed by atoms with van der Waals surface area (Å²) in [5.41, 5.74) is 6.50. The van der Waals surface area contributed by atoms with E-state index in [0.29, 0.717) is 36.5 Å². The van der Waals surface area contributed by atoms with Crippen LogP contribution in [0.25, 0.3) is 32.2 Å². The minimum Gasteiger partial charge on any atom is -0.462 e. The van der Waals surface area contributed by atoms with Gasteiger partial charge in [-0.05, 0) is 57.5 Å². The van der Waals surface area contributed by atoms with Crippen molar-refractivity contribution in [3.63, 3.8) is 0 Å². The van der Waals surface area contributed by atoms with Gasteiger partial charge in [0.15, 0.2) is 17.1 Å². The van der Waals surface area contributed by atoms with Gasteiger partial charge in [0.2, 0.25) is 0 Å². The molecule has 13 heteroatoms. The molecule has 0 amide bonds. The number of benzene rings is 2. The summed E-state index contributed by atoms with van der Waals surface area (Å²) in [6.45, 7) is 2.60. The summed E-state index contributed by atoms with van der Waals surface area (Å²) in [6.07, 6.45) is 5.70. The smallest absolute Gasteiger partial charge is 0.319 e. The lowest BCUT2D eigenvalue weighted by Gasteiger charge is -2.29. The van der Waals surface area contributed by atoms with Crippen LogP contribution >= 0.6 is 22.9 Å². The predicted molar refractivity (Wildman–Crippen MR) is 152 cm³/mol. The van der Waals surface area contributed by atoms with Crippen molar-refractivity contribution < 1.29 is 13.5 Å². The van der Waals surface area contributed by atoms with Crippen LogP contribution in [0.2, 0.25) is 5.02 Å². The van der Waals surface area contributed by atoms with E-state index in [1.165, 1.54) is 12.1 Å². The maximum atomic E-state index is 16.4. The Labute approximate surface area is 238 Å². The lowest BCUT2D eigenvalue weighted by Crippen LogP contribution is -2.36. The van der Waals surface area contributed by atoms with Gasteiger partial charge in [-0.2, -0.15) is 15.2 Å². The average molecular weight is 585 g/mol. The molecule has 0 saturated carbocycles. The van der Waals surface area contributed by atoms with E-state index in [9.17, 15) is 9.65 Å². The van der Waals surface area contributed by atoms with Crippen LogP contribution in [0.1, 0.15) is 25.7 Å². The van der Waals surface area contributed by atoms with E-state index < -0.39 is 11.6 Å². The molecule has 0 radical (unpaired) electrons. The molecular weight excluding hydrogens is 558 g/mol. The number of anilines is 2. The Kier molecular flexibility index (Phi) is 7.20. The maximum absolute atomic E-state index is 16.4. The van der Waals surface area contributed by atoms with Crippen LogP contribution in [-0.4, -0.2) is 70.1 Å². The molecule has 6 rings (SSSR count). The first kappa shape index (κ1) is 26.7. The van der Waals surface area contributed by atoms with E-state index in [-0.39, 0.29) is 49.5 Å². The van der Waals surface area contributed by atoms with Crippen LogP contribution in [-0.2, 0) is 0 Å². The van der Waals surface area contributed by atoms with Crippen molar-refractivity contribution >= 4 is 55.0 Å². The number of nitrogens with zero attached hydrogens (tertiary/aromatic N) is 6. The molecule has 2 aliphatic rings. The van der Waals surface area contributed by atoms with Crippen LogP contribution in [0.5, 0.6) is 6.01 Å². The van der Waals surface area contributed by atoms with Crippen molar-refractivity contribution in [3.05, 3.63) is 34.9 Å². The zero-order chi connectivity index (χ0) is 28.0. The van der Waals surface area contributed by atoms with Crippen molar-refractivity contribution in [2.24, 2.45) is 0 Å². The number of thiazole rings is 1. The summed E-state index contributed by atoms with van der Waals surface area (Å²) in [5.74, 6) is -0.770. The number of nitriles is 1. The topological polar surface area (TPSA) is 116 Å². The number of aromatic nitrogens is 3. The number of nitrogens with one attached hydrogen (secondary N) is 1. The van der Waals surface area contributed by atoms with E-state index in [4.69, 9.17) is 22.1 Å². The number of nitrogens with two attached hydrogens (primary N) is 1. The molecule has 2 aromatic carbocycles. The normalized spacial score (nSPS) is 18.5. The summed E-state index contributed by atoms with van der Waals surface area (Å²) < 4.78 is 37.2. The third kappa shape index (κ3) is 4.93. The van der Waals surface area contributed by atoms with Gasteiger partial charge in [-0.15, -0.1) is 0 Å². The molecule has 2 fully saturated rings. The first-order valence-corrected chi connectivity index (χ1v) is 14.3. The molecule has 4 heterocycles. The Bertz CT molecular complexity index is 1640. The molecular formula is C27H27ClF2N8OS. The van der Waals surface area contributed by atoms with Gasteiger partial charge < -0.3 is 25.6 Å². The Morgan fingerprint density at radius 1 is 1.18 bits per heavy atom. The van der Waals surface area contributed by atoms with Gasteiger partial charge in [-0.3, -0.25) is 0 Å². The lowest BCUT2D eigenvalue weighted by molar-refractivity contribution is 0.188. The number of likely N-dealkylation sites (tertiary alicyclic amines) is 2. The van der Waals surface area contributed by atoms with E-state index in [1.54, 1.807) is 11.0 Å². The molecule has 0 aliphatic carbocycles. The third-order valence-electron chi connectivity index (χ3n) is 7.70. The number of rotatable bonds is 6. The Morgan fingerprint density at radius 2 is 1.98 bits per heavy atom. The second kappa shape index (κ2) is 10.8. The van der Waals surface area contributed by atoms with Gasteiger partial charge in [0.05, 0.1) is 15.2 Å². The summed E-state index contributed by atoms with van der Waals surface area (Å²) in [5, 5.41) is 13.3. The fraction of sp³-hybridized carbons (Fsp3) is 0.407. The Hall–Kier alpha value is -3.53. The zero-order valence-electron chi connectivity index (χ0n) is 21.8. The largest absolute Gasteiger partial charge is 0.462 e. The van der Waals surface area contributed by atoms with Crippen molar-refractivity contribution in [2.75, 3.05) is 44.3 Å². The maximum Gasteiger partial charge on any atom is 0.319 e. The summed E-state index contributed by atoms with van der Waals surface area (Å²) in [4.78, 5) is 17.3. The number of piperidine rings is 1. The van der Waals surface area contributed by atoms with E-state index in [1.807, 2.05) is 7.05 Å². The first-order chi connectivity index (χ1) is 19.3.